The molecule has 1 atom stereocenters. The predicted octanol–water partition coefficient (Wildman–Crippen LogP) is 0.556. The summed E-state index contributed by atoms with van der Waals surface area (Å²) in [5.74, 6) is 0.388. The third-order valence-corrected chi connectivity index (χ3v) is 3.30. The van der Waals surface area contributed by atoms with Crippen molar-refractivity contribution >= 4 is 33.4 Å². The smallest absolute Gasteiger partial charge is 0.252 e. The molecule has 2 N–H and O–H groups in total. The molecule has 1 aliphatic rings. The zero-order chi connectivity index (χ0) is 12.0. The lowest BCUT2D eigenvalue weighted by Crippen LogP contribution is -2.28. The number of hydrogen-bond donors (Lipinski definition) is 1. The maximum Gasteiger partial charge on any atom is 0.252 e. The van der Waals surface area contributed by atoms with Crippen LogP contribution in [0.4, 0.5) is 5.95 Å². The van der Waals surface area contributed by atoms with Gasteiger partial charge in [-0.1, -0.05) is 6.07 Å². The zero-order valence-corrected chi connectivity index (χ0v) is 10.5. The van der Waals surface area contributed by atoms with Gasteiger partial charge in [0.2, 0.25) is 5.91 Å². The molecule has 7 heteroatoms. The van der Waals surface area contributed by atoms with Crippen molar-refractivity contribution in [2.24, 2.45) is 5.73 Å². The Balaban J connectivity index is 2.07. The molecule has 17 heavy (non-hydrogen) atoms. The van der Waals surface area contributed by atoms with E-state index in [1.165, 1.54) is 4.90 Å². The lowest BCUT2D eigenvalue weighted by molar-refractivity contribution is -0.117. The van der Waals surface area contributed by atoms with Crippen LogP contribution in [-0.4, -0.2) is 33.1 Å². The molecule has 3 rings (SSSR count). The minimum absolute atomic E-state index is 0.0236. The summed E-state index contributed by atoms with van der Waals surface area (Å²) in [4.78, 5) is 17.5. The van der Waals surface area contributed by atoms with E-state index in [9.17, 15) is 4.79 Å². The third-order valence-electron chi connectivity index (χ3n) is 2.70. The van der Waals surface area contributed by atoms with Gasteiger partial charge in [-0.3, -0.25) is 9.69 Å². The molecule has 0 aromatic carbocycles. The second-order valence-electron chi connectivity index (χ2n) is 4.00. The first kappa shape index (κ1) is 10.7. The maximum absolute atomic E-state index is 11.7. The number of aromatic nitrogens is 3. The first-order valence-electron chi connectivity index (χ1n) is 5.22. The third kappa shape index (κ3) is 1.71. The number of amides is 1. The zero-order valence-electron chi connectivity index (χ0n) is 8.88. The minimum Gasteiger partial charge on any atom is -0.326 e. The Bertz CT molecular complexity index is 595. The van der Waals surface area contributed by atoms with Gasteiger partial charge in [-0.25, -0.2) is 4.52 Å². The van der Waals surface area contributed by atoms with Crippen molar-refractivity contribution < 1.29 is 4.79 Å². The summed E-state index contributed by atoms with van der Waals surface area (Å²) < 4.78 is 2.44. The summed E-state index contributed by atoms with van der Waals surface area (Å²) in [5.41, 5.74) is 6.44. The summed E-state index contributed by atoms with van der Waals surface area (Å²) >= 11 is 3.38. The lowest BCUT2D eigenvalue weighted by atomic mass is 10.3. The second kappa shape index (κ2) is 3.78. The highest BCUT2D eigenvalue weighted by Crippen LogP contribution is 2.20. The van der Waals surface area contributed by atoms with Crippen molar-refractivity contribution in [2.75, 3.05) is 11.4 Å². The van der Waals surface area contributed by atoms with Gasteiger partial charge < -0.3 is 5.73 Å². The first-order chi connectivity index (χ1) is 8.15. The Labute approximate surface area is 106 Å². The molecule has 3 heterocycles. The first-order valence-corrected chi connectivity index (χ1v) is 6.01. The van der Waals surface area contributed by atoms with Crippen molar-refractivity contribution in [2.45, 2.75) is 12.5 Å². The van der Waals surface area contributed by atoms with Gasteiger partial charge in [0.05, 0.1) is 0 Å². The number of fused-ring (bicyclic) bond motifs is 1. The van der Waals surface area contributed by atoms with Gasteiger partial charge in [0, 0.05) is 19.0 Å². The van der Waals surface area contributed by atoms with E-state index >= 15 is 0 Å². The van der Waals surface area contributed by atoms with Crippen LogP contribution in [0.5, 0.6) is 0 Å². The van der Waals surface area contributed by atoms with Crippen molar-refractivity contribution in [3.05, 3.63) is 22.8 Å². The van der Waals surface area contributed by atoms with Crippen LogP contribution in [-0.2, 0) is 4.79 Å². The molecule has 1 amide bonds. The number of anilines is 1. The topological polar surface area (TPSA) is 76.5 Å². The number of pyridine rings is 1. The van der Waals surface area contributed by atoms with Crippen LogP contribution in [0.15, 0.2) is 22.8 Å². The van der Waals surface area contributed by atoms with Crippen LogP contribution < -0.4 is 10.6 Å². The maximum atomic E-state index is 11.7. The fraction of sp³-hybridized carbons (Fsp3) is 0.300. The summed E-state index contributed by atoms with van der Waals surface area (Å²) in [7, 11) is 0. The van der Waals surface area contributed by atoms with Gasteiger partial charge in [-0.2, -0.15) is 4.98 Å². The number of nitrogens with two attached hydrogens (primary N) is 1. The number of hydrogen-bond acceptors (Lipinski definition) is 4. The van der Waals surface area contributed by atoms with Crippen LogP contribution >= 0.6 is 15.9 Å². The highest BCUT2D eigenvalue weighted by atomic mass is 79.9. The van der Waals surface area contributed by atoms with E-state index in [1.807, 2.05) is 18.2 Å². The van der Waals surface area contributed by atoms with Crippen molar-refractivity contribution in [1.29, 1.82) is 0 Å². The monoisotopic (exact) mass is 295 g/mol. The lowest BCUT2D eigenvalue weighted by Gasteiger charge is -2.09. The largest absolute Gasteiger partial charge is 0.326 e. The second-order valence-corrected chi connectivity index (χ2v) is 4.81. The quantitative estimate of drug-likeness (QED) is 0.780. The average Bonchev–Trinajstić information content (AvgIpc) is 2.82. The SMILES string of the molecule is NC1CC(=O)N(c2nc3cccc(Br)n3n2)C1. The fourth-order valence-corrected chi connectivity index (χ4v) is 2.32. The highest BCUT2D eigenvalue weighted by Gasteiger charge is 2.30. The molecule has 0 radical (unpaired) electrons. The fourth-order valence-electron chi connectivity index (χ4n) is 1.90. The Hall–Kier alpha value is -1.47. The Kier molecular flexibility index (Phi) is 2.37. The molecular formula is C10H10BrN5O. The molecule has 0 bridgehead atoms. The van der Waals surface area contributed by atoms with Gasteiger partial charge in [0.15, 0.2) is 5.65 Å². The van der Waals surface area contributed by atoms with Gasteiger partial charge >= 0.3 is 0 Å². The molecule has 2 aromatic rings. The van der Waals surface area contributed by atoms with Crippen LogP contribution in [0, 0.1) is 0 Å². The molecule has 6 nitrogen and oxygen atoms in total. The van der Waals surface area contributed by atoms with E-state index in [-0.39, 0.29) is 11.9 Å². The molecule has 0 spiro atoms. The predicted molar refractivity (Wildman–Crippen MR) is 65.6 cm³/mol. The standard InChI is InChI=1S/C10H10BrN5O/c11-7-2-1-3-8-13-10(14-16(7)8)15-5-6(12)4-9(15)17/h1-3,6H,4-5,12H2. The van der Waals surface area contributed by atoms with E-state index in [2.05, 4.69) is 26.0 Å². The molecule has 1 unspecified atom stereocenters. The van der Waals surface area contributed by atoms with E-state index in [0.717, 1.165) is 4.60 Å². The van der Waals surface area contributed by atoms with Gasteiger partial charge in [0.1, 0.15) is 4.60 Å². The van der Waals surface area contributed by atoms with Crippen molar-refractivity contribution in [1.82, 2.24) is 14.6 Å². The van der Waals surface area contributed by atoms with Gasteiger partial charge in [-0.05, 0) is 28.1 Å². The number of carbonyl (C=O) groups excluding carboxylic acids is 1. The van der Waals surface area contributed by atoms with Gasteiger partial charge in [-0.15, -0.1) is 5.10 Å². The molecule has 0 saturated carbocycles. The Morgan fingerprint density at radius 1 is 1.47 bits per heavy atom. The summed E-state index contributed by atoms with van der Waals surface area (Å²) in [6.45, 7) is 0.479. The Morgan fingerprint density at radius 3 is 2.94 bits per heavy atom. The number of halogens is 1. The van der Waals surface area contributed by atoms with E-state index in [0.29, 0.717) is 24.6 Å². The summed E-state index contributed by atoms with van der Waals surface area (Å²) in [6.07, 6.45) is 0.358. The van der Waals surface area contributed by atoms with E-state index in [4.69, 9.17) is 5.73 Å². The summed E-state index contributed by atoms with van der Waals surface area (Å²) in [6, 6.07) is 5.44. The van der Waals surface area contributed by atoms with Crippen LogP contribution in [0.1, 0.15) is 6.42 Å². The van der Waals surface area contributed by atoms with Crippen LogP contribution in [0.2, 0.25) is 0 Å². The molecule has 88 valence electrons. The van der Waals surface area contributed by atoms with Crippen molar-refractivity contribution in [3.63, 3.8) is 0 Å². The summed E-state index contributed by atoms with van der Waals surface area (Å²) in [5, 5.41) is 4.29. The molecule has 0 aliphatic carbocycles. The number of rotatable bonds is 1. The van der Waals surface area contributed by atoms with Gasteiger partial charge in [0.25, 0.3) is 5.95 Å². The van der Waals surface area contributed by atoms with Crippen LogP contribution in [0.25, 0.3) is 5.65 Å². The highest BCUT2D eigenvalue weighted by molar-refractivity contribution is 9.10. The molecule has 1 saturated heterocycles. The molecule has 1 aliphatic heterocycles. The molecular weight excluding hydrogens is 286 g/mol. The number of carbonyl (C=O) groups is 1. The normalized spacial score (nSPS) is 20.5. The van der Waals surface area contributed by atoms with E-state index in [1.54, 1.807) is 4.52 Å². The Morgan fingerprint density at radius 2 is 2.29 bits per heavy atom. The number of nitrogens with zero attached hydrogens (tertiary/aromatic N) is 4. The van der Waals surface area contributed by atoms with Crippen molar-refractivity contribution in [3.8, 4) is 0 Å². The molecule has 1 fully saturated rings. The molecule has 2 aromatic heterocycles. The van der Waals surface area contributed by atoms with E-state index < -0.39 is 0 Å². The van der Waals surface area contributed by atoms with Crippen LogP contribution in [0.3, 0.4) is 0 Å². The average molecular weight is 296 g/mol. The minimum atomic E-state index is -0.127.